The second-order valence-electron chi connectivity index (χ2n) is 7.17. The van der Waals surface area contributed by atoms with Crippen LogP contribution in [0.5, 0.6) is 5.75 Å². The van der Waals surface area contributed by atoms with Crippen LogP contribution in [0, 0.1) is 5.92 Å². The Kier molecular flexibility index (Phi) is 7.45. The van der Waals surface area contributed by atoms with Crippen LogP contribution in [-0.4, -0.2) is 34.2 Å². The standard InChI is InChI=1S/C21H28N2O4S/c1-16(2)14-20(17-8-6-5-7-9-17)22-21(24)15-27-19-12-10-18(11-13-19)23(3)28(4,25)26/h5-13,16,20H,14-15H2,1-4H3,(H,22,24). The van der Waals surface area contributed by atoms with E-state index < -0.39 is 10.0 Å². The highest BCUT2D eigenvalue weighted by atomic mass is 32.2. The first kappa shape index (κ1) is 21.8. The molecule has 152 valence electrons. The molecule has 1 amide bonds. The molecule has 1 unspecified atom stereocenters. The average Bonchev–Trinajstić information content (AvgIpc) is 2.65. The van der Waals surface area contributed by atoms with E-state index in [0.29, 0.717) is 17.4 Å². The summed E-state index contributed by atoms with van der Waals surface area (Å²) in [4.78, 5) is 12.4. The van der Waals surface area contributed by atoms with Crippen LogP contribution in [0.2, 0.25) is 0 Å². The molecule has 0 aliphatic rings. The predicted octanol–water partition coefficient (Wildman–Crippen LogP) is 3.36. The van der Waals surface area contributed by atoms with Gasteiger partial charge >= 0.3 is 0 Å². The van der Waals surface area contributed by atoms with Gasteiger partial charge < -0.3 is 10.1 Å². The lowest BCUT2D eigenvalue weighted by atomic mass is 9.97. The molecule has 1 atom stereocenters. The lowest BCUT2D eigenvalue weighted by molar-refractivity contribution is -0.124. The first-order chi connectivity index (χ1) is 13.2. The second-order valence-corrected chi connectivity index (χ2v) is 9.19. The number of benzene rings is 2. The Bertz CT molecular complexity index is 865. The summed E-state index contributed by atoms with van der Waals surface area (Å²) in [7, 11) is -1.83. The summed E-state index contributed by atoms with van der Waals surface area (Å²) in [6.45, 7) is 4.13. The smallest absolute Gasteiger partial charge is 0.258 e. The number of hydrogen-bond donors (Lipinski definition) is 1. The van der Waals surface area contributed by atoms with Crippen molar-refractivity contribution >= 4 is 21.6 Å². The van der Waals surface area contributed by atoms with E-state index in [0.717, 1.165) is 18.2 Å². The Labute approximate surface area is 167 Å². The summed E-state index contributed by atoms with van der Waals surface area (Å²) >= 11 is 0. The number of amides is 1. The van der Waals surface area contributed by atoms with Crippen molar-refractivity contribution in [3.05, 3.63) is 60.2 Å². The van der Waals surface area contributed by atoms with Crippen LogP contribution in [0.25, 0.3) is 0 Å². The molecule has 0 aliphatic heterocycles. The number of anilines is 1. The number of rotatable bonds is 9. The molecule has 7 heteroatoms. The van der Waals surface area contributed by atoms with Crippen LogP contribution in [0.1, 0.15) is 31.9 Å². The highest BCUT2D eigenvalue weighted by molar-refractivity contribution is 7.92. The molecular weight excluding hydrogens is 376 g/mol. The molecule has 0 aliphatic carbocycles. The van der Waals surface area contributed by atoms with Crippen LogP contribution in [0.4, 0.5) is 5.69 Å². The van der Waals surface area contributed by atoms with E-state index in [1.807, 2.05) is 30.3 Å². The summed E-state index contributed by atoms with van der Waals surface area (Å²) in [5.74, 6) is 0.735. The zero-order valence-electron chi connectivity index (χ0n) is 16.8. The average molecular weight is 405 g/mol. The molecule has 1 N–H and O–H groups in total. The Morgan fingerprint density at radius 1 is 1.07 bits per heavy atom. The molecule has 0 spiro atoms. The Balaban J connectivity index is 1.95. The molecule has 2 rings (SSSR count). The zero-order chi connectivity index (χ0) is 20.7. The molecule has 0 saturated heterocycles. The van der Waals surface area contributed by atoms with Crippen LogP contribution in [0.3, 0.4) is 0 Å². The van der Waals surface area contributed by atoms with Gasteiger partial charge in [0.15, 0.2) is 6.61 Å². The van der Waals surface area contributed by atoms with Gasteiger partial charge in [-0.15, -0.1) is 0 Å². The minimum absolute atomic E-state index is 0.0666. The third-order valence-corrected chi connectivity index (χ3v) is 5.52. The van der Waals surface area contributed by atoms with Gasteiger partial charge in [0, 0.05) is 7.05 Å². The molecule has 28 heavy (non-hydrogen) atoms. The maximum absolute atomic E-state index is 12.4. The number of nitrogens with one attached hydrogen (secondary N) is 1. The molecular formula is C21H28N2O4S. The molecule has 0 fully saturated rings. The fourth-order valence-corrected chi connectivity index (χ4v) is 3.27. The van der Waals surface area contributed by atoms with E-state index in [9.17, 15) is 13.2 Å². The first-order valence-corrected chi connectivity index (χ1v) is 11.0. The van der Waals surface area contributed by atoms with Crippen molar-refractivity contribution in [2.45, 2.75) is 26.3 Å². The fourth-order valence-electron chi connectivity index (χ4n) is 2.76. The topological polar surface area (TPSA) is 75.7 Å². The minimum atomic E-state index is -3.32. The summed E-state index contributed by atoms with van der Waals surface area (Å²) in [5, 5.41) is 3.03. The largest absolute Gasteiger partial charge is 0.484 e. The maximum Gasteiger partial charge on any atom is 0.258 e. The van der Waals surface area contributed by atoms with E-state index >= 15 is 0 Å². The highest BCUT2D eigenvalue weighted by Crippen LogP contribution is 2.22. The van der Waals surface area contributed by atoms with Gasteiger partial charge in [0.1, 0.15) is 5.75 Å². The molecule has 2 aromatic carbocycles. The monoisotopic (exact) mass is 404 g/mol. The fraction of sp³-hybridized carbons (Fsp3) is 0.381. The second kappa shape index (κ2) is 9.59. The summed E-state index contributed by atoms with van der Waals surface area (Å²) < 4.78 is 29.9. The molecule has 2 aromatic rings. The van der Waals surface area contributed by atoms with Crippen LogP contribution >= 0.6 is 0 Å². The van der Waals surface area contributed by atoms with Crippen molar-refractivity contribution in [1.29, 1.82) is 0 Å². The Morgan fingerprint density at radius 3 is 2.21 bits per heavy atom. The lowest BCUT2D eigenvalue weighted by Gasteiger charge is -2.21. The number of carbonyl (C=O) groups excluding carboxylic acids is 1. The van der Waals surface area contributed by atoms with Crippen molar-refractivity contribution < 1.29 is 17.9 Å². The molecule has 0 radical (unpaired) electrons. The first-order valence-electron chi connectivity index (χ1n) is 9.18. The highest BCUT2D eigenvalue weighted by Gasteiger charge is 2.16. The van der Waals surface area contributed by atoms with Crippen LogP contribution < -0.4 is 14.4 Å². The molecule has 0 aromatic heterocycles. The van der Waals surface area contributed by atoms with E-state index in [-0.39, 0.29) is 18.6 Å². The van der Waals surface area contributed by atoms with E-state index in [2.05, 4.69) is 19.2 Å². The van der Waals surface area contributed by atoms with Gasteiger partial charge in [-0.3, -0.25) is 9.10 Å². The lowest BCUT2D eigenvalue weighted by Crippen LogP contribution is -2.33. The van der Waals surface area contributed by atoms with Gasteiger partial charge in [-0.05, 0) is 42.2 Å². The quantitative estimate of drug-likeness (QED) is 0.695. The number of ether oxygens (including phenoxy) is 1. The summed E-state index contributed by atoms with van der Waals surface area (Å²) in [5.41, 5.74) is 1.60. The molecule has 6 nitrogen and oxygen atoms in total. The predicted molar refractivity (Wildman–Crippen MR) is 112 cm³/mol. The molecule has 0 bridgehead atoms. The van der Waals surface area contributed by atoms with Crippen LogP contribution in [0.15, 0.2) is 54.6 Å². The number of sulfonamides is 1. The van der Waals surface area contributed by atoms with E-state index in [1.54, 1.807) is 24.3 Å². The van der Waals surface area contributed by atoms with Gasteiger partial charge in [-0.2, -0.15) is 0 Å². The van der Waals surface area contributed by atoms with E-state index in [1.165, 1.54) is 11.4 Å². The SMILES string of the molecule is CC(C)CC(NC(=O)COc1ccc(N(C)S(C)(=O)=O)cc1)c1ccccc1. The van der Waals surface area contributed by atoms with Crippen LogP contribution in [-0.2, 0) is 14.8 Å². The molecule has 0 heterocycles. The minimum Gasteiger partial charge on any atom is -0.484 e. The summed E-state index contributed by atoms with van der Waals surface area (Å²) in [6, 6.07) is 16.4. The van der Waals surface area contributed by atoms with Crippen molar-refractivity contribution in [2.24, 2.45) is 5.92 Å². The number of hydrogen-bond acceptors (Lipinski definition) is 4. The number of nitrogens with zero attached hydrogens (tertiary/aromatic N) is 1. The van der Waals surface area contributed by atoms with Gasteiger partial charge in [0.25, 0.3) is 5.91 Å². The third kappa shape index (κ3) is 6.56. The number of carbonyl (C=O) groups is 1. The third-order valence-electron chi connectivity index (χ3n) is 4.31. The van der Waals surface area contributed by atoms with Gasteiger partial charge in [0.05, 0.1) is 18.0 Å². The van der Waals surface area contributed by atoms with E-state index in [4.69, 9.17) is 4.74 Å². The van der Waals surface area contributed by atoms with Gasteiger partial charge in [-0.25, -0.2) is 8.42 Å². The molecule has 0 saturated carbocycles. The van der Waals surface area contributed by atoms with Crippen molar-refractivity contribution in [3.8, 4) is 5.75 Å². The maximum atomic E-state index is 12.4. The van der Waals surface area contributed by atoms with Crippen molar-refractivity contribution in [2.75, 3.05) is 24.2 Å². The van der Waals surface area contributed by atoms with Gasteiger partial charge in [-0.1, -0.05) is 44.2 Å². The van der Waals surface area contributed by atoms with Gasteiger partial charge in [0.2, 0.25) is 10.0 Å². The normalized spacial score (nSPS) is 12.5. The van der Waals surface area contributed by atoms with Crippen molar-refractivity contribution in [1.82, 2.24) is 5.32 Å². The van der Waals surface area contributed by atoms with Crippen molar-refractivity contribution in [3.63, 3.8) is 0 Å². The Hall–Kier alpha value is -2.54. The Morgan fingerprint density at radius 2 is 1.68 bits per heavy atom. The zero-order valence-corrected chi connectivity index (χ0v) is 17.6. The summed E-state index contributed by atoms with van der Waals surface area (Å²) in [6.07, 6.45) is 1.98.